The average Bonchev–Trinajstić information content (AvgIpc) is 2.74. The van der Waals surface area contributed by atoms with Gasteiger partial charge in [-0.25, -0.2) is 4.79 Å². The molecule has 1 aromatic rings. The summed E-state index contributed by atoms with van der Waals surface area (Å²) in [5, 5.41) is 15.2. The maximum Gasteiger partial charge on any atom is 0.408 e. The maximum absolute atomic E-state index is 13.9. The summed E-state index contributed by atoms with van der Waals surface area (Å²) < 4.78 is 5.36. The molecule has 0 bridgehead atoms. The van der Waals surface area contributed by atoms with E-state index in [1.807, 2.05) is 40.7 Å². The Balaban J connectivity index is 3.60. The lowest BCUT2D eigenvalue weighted by Gasteiger charge is -2.36. The Hall–Kier alpha value is -3.52. The van der Waals surface area contributed by atoms with E-state index >= 15 is 0 Å². The number of amides is 3. The SMILES string of the molecule is C#Cc1ccccc1C(C(=O)NC(C)(C)C)N(CC#N)C(=O)C(NC(=O)OC(C)(C)C)C(C)CC. The quantitative estimate of drug-likeness (QED) is 0.431. The smallest absolute Gasteiger partial charge is 0.408 e. The fourth-order valence-electron chi connectivity index (χ4n) is 3.42. The number of hydrogen-bond acceptors (Lipinski definition) is 5. The second-order valence-corrected chi connectivity index (χ2v) is 10.5. The van der Waals surface area contributed by atoms with Gasteiger partial charge in [-0.3, -0.25) is 9.59 Å². The third-order valence-corrected chi connectivity index (χ3v) is 5.14. The second kappa shape index (κ2) is 12.3. The number of terminal acetylenes is 1. The molecule has 0 heterocycles. The molecule has 0 aliphatic heterocycles. The van der Waals surface area contributed by atoms with Gasteiger partial charge in [0.15, 0.2) is 0 Å². The van der Waals surface area contributed by atoms with E-state index in [9.17, 15) is 19.6 Å². The minimum atomic E-state index is -1.18. The minimum absolute atomic E-state index is 0.301. The van der Waals surface area contributed by atoms with Crippen LogP contribution >= 0.6 is 0 Å². The highest BCUT2D eigenvalue weighted by atomic mass is 16.6. The third kappa shape index (κ3) is 8.98. The first-order valence-corrected chi connectivity index (χ1v) is 11.7. The molecule has 8 nitrogen and oxygen atoms in total. The van der Waals surface area contributed by atoms with E-state index in [4.69, 9.17) is 11.2 Å². The molecule has 1 rings (SSSR count). The largest absolute Gasteiger partial charge is 0.444 e. The van der Waals surface area contributed by atoms with Crippen LogP contribution in [0.1, 0.15) is 79.0 Å². The van der Waals surface area contributed by atoms with Crippen molar-refractivity contribution < 1.29 is 19.1 Å². The fraction of sp³-hybridized carbons (Fsp3) is 0.556. The molecule has 3 atom stereocenters. The summed E-state index contributed by atoms with van der Waals surface area (Å²) >= 11 is 0. The first-order valence-electron chi connectivity index (χ1n) is 11.7. The van der Waals surface area contributed by atoms with Crippen molar-refractivity contribution in [1.29, 1.82) is 5.26 Å². The maximum atomic E-state index is 13.9. The molecular weight excluding hydrogens is 444 g/mol. The van der Waals surface area contributed by atoms with E-state index < -0.39 is 41.1 Å². The lowest BCUT2D eigenvalue weighted by atomic mass is 9.93. The van der Waals surface area contributed by atoms with Gasteiger partial charge in [0.05, 0.1) is 6.07 Å². The summed E-state index contributed by atoms with van der Waals surface area (Å²) in [6.45, 7) is 13.9. The van der Waals surface area contributed by atoms with Crippen molar-refractivity contribution in [2.24, 2.45) is 5.92 Å². The average molecular weight is 483 g/mol. The molecule has 0 aliphatic carbocycles. The molecule has 0 aliphatic rings. The van der Waals surface area contributed by atoms with E-state index in [1.165, 1.54) is 4.90 Å². The first kappa shape index (κ1) is 29.5. The van der Waals surface area contributed by atoms with Gasteiger partial charge in [0.2, 0.25) is 11.8 Å². The molecular formula is C27H38N4O4. The Kier molecular flexibility index (Phi) is 10.3. The van der Waals surface area contributed by atoms with Crippen molar-refractivity contribution in [3.63, 3.8) is 0 Å². The Labute approximate surface area is 209 Å². The highest BCUT2D eigenvalue weighted by Crippen LogP contribution is 2.27. The van der Waals surface area contributed by atoms with Crippen LogP contribution in [0.25, 0.3) is 0 Å². The van der Waals surface area contributed by atoms with Crippen molar-refractivity contribution >= 4 is 17.9 Å². The number of nitriles is 1. The van der Waals surface area contributed by atoms with Gasteiger partial charge in [-0.1, -0.05) is 44.4 Å². The van der Waals surface area contributed by atoms with Crippen molar-refractivity contribution in [2.75, 3.05) is 6.54 Å². The van der Waals surface area contributed by atoms with Crippen LogP contribution in [-0.2, 0) is 14.3 Å². The minimum Gasteiger partial charge on any atom is -0.444 e. The molecule has 1 aromatic carbocycles. The van der Waals surface area contributed by atoms with Crippen LogP contribution in [0.2, 0.25) is 0 Å². The lowest BCUT2D eigenvalue weighted by Crippen LogP contribution is -2.56. The summed E-state index contributed by atoms with van der Waals surface area (Å²) in [6.07, 6.45) is 5.50. The standard InChI is InChI=1S/C27H38N4O4/c1-10-18(3)21(29-25(34)35-27(7,8)9)24(33)31(17-16-28)22(23(32)30-26(4,5)6)20-15-13-12-14-19(20)11-2/h2,12-15,18,21-22H,10,17H2,1,3-9H3,(H,29,34)(H,30,32). The summed E-state index contributed by atoms with van der Waals surface area (Å²) in [5.74, 6) is 1.20. The zero-order chi connectivity index (χ0) is 27.0. The Morgan fingerprint density at radius 1 is 1.14 bits per heavy atom. The van der Waals surface area contributed by atoms with Crippen LogP contribution in [0.3, 0.4) is 0 Å². The summed E-state index contributed by atoms with van der Waals surface area (Å²) in [5.41, 5.74) is -0.523. The van der Waals surface area contributed by atoms with Crippen LogP contribution in [0, 0.1) is 29.6 Å². The number of benzene rings is 1. The van der Waals surface area contributed by atoms with Crippen LogP contribution in [0.4, 0.5) is 4.79 Å². The van der Waals surface area contributed by atoms with Crippen molar-refractivity contribution in [2.45, 2.75) is 85.0 Å². The molecule has 190 valence electrons. The number of nitrogens with zero attached hydrogens (tertiary/aromatic N) is 2. The topological polar surface area (TPSA) is 112 Å². The molecule has 35 heavy (non-hydrogen) atoms. The van der Waals surface area contributed by atoms with Crippen molar-refractivity contribution in [3.8, 4) is 18.4 Å². The van der Waals surface area contributed by atoms with Crippen LogP contribution < -0.4 is 10.6 Å². The molecule has 0 saturated heterocycles. The third-order valence-electron chi connectivity index (χ3n) is 5.14. The molecule has 0 saturated carbocycles. The molecule has 8 heteroatoms. The molecule has 0 fully saturated rings. The van der Waals surface area contributed by atoms with Gasteiger partial charge in [-0.2, -0.15) is 5.26 Å². The monoisotopic (exact) mass is 482 g/mol. The Morgan fingerprint density at radius 2 is 1.74 bits per heavy atom. The number of carbonyl (C=O) groups is 3. The van der Waals surface area contributed by atoms with Gasteiger partial charge in [0, 0.05) is 11.1 Å². The van der Waals surface area contributed by atoms with Crippen LogP contribution in [-0.4, -0.2) is 46.5 Å². The summed E-state index contributed by atoms with van der Waals surface area (Å²) in [7, 11) is 0. The number of ether oxygens (including phenoxy) is 1. The first-order chi connectivity index (χ1) is 16.1. The van der Waals surface area contributed by atoms with Gasteiger partial charge < -0.3 is 20.3 Å². The Bertz CT molecular complexity index is 992. The number of alkyl carbamates (subject to hydrolysis) is 1. The van der Waals surface area contributed by atoms with Gasteiger partial charge in [-0.05, 0) is 59.1 Å². The van der Waals surface area contributed by atoms with Gasteiger partial charge in [0.25, 0.3) is 0 Å². The molecule has 0 radical (unpaired) electrons. The van der Waals surface area contributed by atoms with Gasteiger partial charge in [-0.15, -0.1) is 6.42 Å². The predicted molar refractivity (Wildman–Crippen MR) is 135 cm³/mol. The van der Waals surface area contributed by atoms with Crippen molar-refractivity contribution in [1.82, 2.24) is 15.5 Å². The van der Waals surface area contributed by atoms with Crippen LogP contribution in [0.15, 0.2) is 24.3 Å². The number of nitrogens with one attached hydrogen (secondary N) is 2. The molecule has 0 spiro atoms. The van der Waals surface area contributed by atoms with Gasteiger partial charge >= 0.3 is 6.09 Å². The molecule has 2 N–H and O–H groups in total. The van der Waals surface area contributed by atoms with E-state index in [1.54, 1.807) is 45.0 Å². The lowest BCUT2D eigenvalue weighted by molar-refractivity contribution is -0.143. The highest BCUT2D eigenvalue weighted by Gasteiger charge is 2.39. The zero-order valence-electron chi connectivity index (χ0n) is 22.1. The van der Waals surface area contributed by atoms with Crippen molar-refractivity contribution in [3.05, 3.63) is 35.4 Å². The normalized spacial score (nSPS) is 13.9. The molecule has 3 amide bonds. The highest BCUT2D eigenvalue weighted by molar-refractivity contribution is 5.93. The molecule has 0 aromatic heterocycles. The fourth-order valence-corrected chi connectivity index (χ4v) is 3.42. The Morgan fingerprint density at radius 3 is 2.23 bits per heavy atom. The van der Waals surface area contributed by atoms with E-state index in [2.05, 4.69) is 16.6 Å². The van der Waals surface area contributed by atoms with E-state index in [-0.39, 0.29) is 12.5 Å². The van der Waals surface area contributed by atoms with Gasteiger partial charge in [0.1, 0.15) is 24.2 Å². The number of hydrogen-bond donors (Lipinski definition) is 2. The number of carbonyl (C=O) groups excluding carboxylic acids is 3. The van der Waals surface area contributed by atoms with E-state index in [0.717, 1.165) is 0 Å². The second-order valence-electron chi connectivity index (χ2n) is 10.5. The van der Waals surface area contributed by atoms with Crippen LogP contribution in [0.5, 0.6) is 0 Å². The van der Waals surface area contributed by atoms with E-state index in [0.29, 0.717) is 17.5 Å². The summed E-state index contributed by atoms with van der Waals surface area (Å²) in [4.78, 5) is 41.2. The molecule has 3 unspecified atom stereocenters. The summed E-state index contributed by atoms with van der Waals surface area (Å²) in [6, 6.07) is 6.58. The zero-order valence-corrected chi connectivity index (χ0v) is 22.1. The predicted octanol–water partition coefficient (Wildman–Crippen LogP) is 3.92. The number of rotatable bonds is 8.